The molecule has 0 spiro atoms. The van der Waals surface area contributed by atoms with Crippen LogP contribution >= 0.6 is 0 Å². The van der Waals surface area contributed by atoms with E-state index in [4.69, 9.17) is 0 Å². The van der Waals surface area contributed by atoms with Gasteiger partial charge in [0.1, 0.15) is 0 Å². The first kappa shape index (κ1) is 16.2. The van der Waals surface area contributed by atoms with Crippen molar-refractivity contribution in [2.75, 3.05) is 6.54 Å². The van der Waals surface area contributed by atoms with Crippen LogP contribution in [0.15, 0.2) is 28.8 Å². The van der Waals surface area contributed by atoms with Gasteiger partial charge in [0.15, 0.2) is 0 Å². The van der Waals surface area contributed by atoms with Crippen molar-refractivity contribution in [2.45, 2.75) is 44.6 Å². The van der Waals surface area contributed by atoms with Crippen molar-refractivity contribution in [2.24, 2.45) is 5.92 Å². The van der Waals surface area contributed by atoms with Crippen LogP contribution in [0.2, 0.25) is 0 Å². The summed E-state index contributed by atoms with van der Waals surface area (Å²) in [5.74, 6) is 0.0959. The lowest BCUT2D eigenvalue weighted by Crippen LogP contribution is -2.42. The maximum Gasteiger partial charge on any atom is 0.315 e. The van der Waals surface area contributed by atoms with Crippen LogP contribution in [0.3, 0.4) is 0 Å². The van der Waals surface area contributed by atoms with E-state index in [1.165, 1.54) is 19.3 Å². The van der Waals surface area contributed by atoms with Crippen LogP contribution in [-0.4, -0.2) is 33.5 Å². The zero-order valence-corrected chi connectivity index (χ0v) is 13.7. The molecule has 1 aliphatic heterocycles. The lowest BCUT2D eigenvalue weighted by molar-refractivity contribution is 0.0626. The Balaban J connectivity index is 1.50. The second-order valence-corrected chi connectivity index (χ2v) is 6.73. The Morgan fingerprint density at radius 1 is 1.16 bits per heavy atom. The number of nitrogens with zero attached hydrogens (tertiary/aromatic N) is 3. The van der Waals surface area contributed by atoms with Crippen LogP contribution in [0, 0.1) is 5.92 Å². The van der Waals surface area contributed by atoms with Gasteiger partial charge in [0, 0.05) is 23.7 Å². The number of carbonyl (C=O) groups excluding carboxylic acids is 1. The van der Waals surface area contributed by atoms with Crippen LogP contribution in [0.4, 0.5) is 8.78 Å². The maximum atomic E-state index is 12.8. The van der Waals surface area contributed by atoms with Crippen LogP contribution in [-0.2, 0) is 0 Å². The van der Waals surface area contributed by atoms with E-state index in [1.54, 1.807) is 24.3 Å². The van der Waals surface area contributed by atoms with E-state index in [0.29, 0.717) is 23.1 Å². The largest absolute Gasteiger partial charge is 0.335 e. The number of benzene rings is 1. The summed E-state index contributed by atoms with van der Waals surface area (Å²) in [6.45, 7) is 0.810. The van der Waals surface area contributed by atoms with Crippen molar-refractivity contribution in [3.8, 4) is 11.4 Å². The summed E-state index contributed by atoms with van der Waals surface area (Å²) < 4.78 is 29.6. The fraction of sp³-hybridized carbons (Fsp3) is 0.500. The molecule has 1 aromatic heterocycles. The summed E-state index contributed by atoms with van der Waals surface area (Å²) in [4.78, 5) is 18.5. The van der Waals surface area contributed by atoms with Gasteiger partial charge >= 0.3 is 6.43 Å². The molecule has 1 saturated heterocycles. The predicted molar refractivity (Wildman–Crippen MR) is 86.1 cm³/mol. The summed E-state index contributed by atoms with van der Waals surface area (Å²) in [6.07, 6.45) is 3.07. The number of aromatic nitrogens is 2. The van der Waals surface area contributed by atoms with Crippen molar-refractivity contribution >= 4 is 5.91 Å². The first-order chi connectivity index (χ1) is 12.1. The molecule has 2 aliphatic rings. The Bertz CT molecular complexity index is 756. The van der Waals surface area contributed by atoms with E-state index in [0.717, 1.165) is 19.4 Å². The number of amides is 1. The molecule has 2 aromatic rings. The van der Waals surface area contributed by atoms with Crippen molar-refractivity contribution in [3.05, 3.63) is 35.7 Å². The summed E-state index contributed by atoms with van der Waals surface area (Å²) in [5.41, 5.74) is 1.15. The van der Waals surface area contributed by atoms with Gasteiger partial charge in [-0.15, -0.1) is 0 Å². The zero-order valence-electron chi connectivity index (χ0n) is 13.7. The summed E-state index contributed by atoms with van der Waals surface area (Å²) in [5, 5.41) is 3.55. The Morgan fingerprint density at radius 3 is 2.52 bits per heavy atom. The quantitative estimate of drug-likeness (QED) is 0.836. The standard InChI is InChI=1S/C18H19F2N3O2/c19-15(20)17-21-16(22-25-17)12-6-8-13(9-7-12)18(24)23-10-2-5-14(23)11-3-1-4-11/h6-9,11,14-15H,1-5,10H2. The van der Waals surface area contributed by atoms with E-state index in [-0.39, 0.29) is 11.7 Å². The molecule has 5 nitrogen and oxygen atoms in total. The topological polar surface area (TPSA) is 59.2 Å². The second-order valence-electron chi connectivity index (χ2n) is 6.73. The molecule has 1 aromatic carbocycles. The third-order valence-corrected chi connectivity index (χ3v) is 5.27. The highest BCUT2D eigenvalue weighted by atomic mass is 19.3. The minimum Gasteiger partial charge on any atom is -0.335 e. The summed E-state index contributed by atoms with van der Waals surface area (Å²) >= 11 is 0. The predicted octanol–water partition coefficient (Wildman–Crippen LogP) is 4.08. The van der Waals surface area contributed by atoms with E-state index in [9.17, 15) is 13.6 Å². The molecule has 1 unspecified atom stereocenters. The minimum absolute atomic E-state index is 0.0438. The average Bonchev–Trinajstić information content (AvgIpc) is 3.22. The van der Waals surface area contributed by atoms with Crippen molar-refractivity contribution in [3.63, 3.8) is 0 Å². The van der Waals surface area contributed by atoms with Crippen molar-refractivity contribution < 1.29 is 18.1 Å². The minimum atomic E-state index is -2.79. The van der Waals surface area contributed by atoms with E-state index < -0.39 is 12.3 Å². The highest BCUT2D eigenvalue weighted by Gasteiger charge is 2.37. The number of alkyl halides is 2. The van der Waals surface area contributed by atoms with Gasteiger partial charge in [0.2, 0.25) is 5.82 Å². The van der Waals surface area contributed by atoms with Gasteiger partial charge in [-0.1, -0.05) is 23.7 Å². The summed E-state index contributed by atoms with van der Waals surface area (Å²) in [7, 11) is 0. The number of carbonyl (C=O) groups is 1. The van der Waals surface area contributed by atoms with E-state index in [2.05, 4.69) is 14.7 Å². The summed E-state index contributed by atoms with van der Waals surface area (Å²) in [6, 6.07) is 7.11. The van der Waals surface area contributed by atoms with Crippen LogP contribution in [0.1, 0.15) is 54.8 Å². The second kappa shape index (κ2) is 6.54. The number of hydrogen-bond donors (Lipinski definition) is 0. The molecule has 4 rings (SSSR count). The monoisotopic (exact) mass is 347 g/mol. The van der Waals surface area contributed by atoms with Crippen molar-refractivity contribution in [1.29, 1.82) is 0 Å². The third-order valence-electron chi connectivity index (χ3n) is 5.27. The number of likely N-dealkylation sites (tertiary alicyclic amines) is 1. The SMILES string of the molecule is O=C(c1ccc(-c2noc(C(F)F)n2)cc1)N1CCCC1C1CCC1. The first-order valence-electron chi connectivity index (χ1n) is 8.66. The molecule has 25 heavy (non-hydrogen) atoms. The Kier molecular flexibility index (Phi) is 4.23. The molecule has 0 radical (unpaired) electrons. The van der Waals surface area contributed by atoms with Gasteiger partial charge in [0.25, 0.3) is 11.8 Å². The molecule has 0 bridgehead atoms. The Labute approximate surface area is 144 Å². The fourth-order valence-corrected chi connectivity index (χ4v) is 3.73. The number of halogens is 2. The molecule has 1 aliphatic carbocycles. The van der Waals surface area contributed by atoms with E-state index in [1.807, 2.05) is 4.90 Å². The zero-order chi connectivity index (χ0) is 17.4. The van der Waals surface area contributed by atoms with Gasteiger partial charge < -0.3 is 9.42 Å². The molecule has 1 saturated carbocycles. The van der Waals surface area contributed by atoms with Crippen LogP contribution in [0.25, 0.3) is 11.4 Å². The number of rotatable bonds is 4. The molecule has 7 heteroatoms. The molecule has 2 heterocycles. The lowest BCUT2D eigenvalue weighted by atomic mass is 9.78. The average molecular weight is 347 g/mol. The normalized spacial score (nSPS) is 20.9. The molecule has 1 amide bonds. The Hall–Kier alpha value is -2.31. The molecule has 132 valence electrons. The highest BCUT2D eigenvalue weighted by molar-refractivity contribution is 5.95. The molecular formula is C18H19F2N3O2. The molecule has 1 atom stereocenters. The third kappa shape index (κ3) is 3.03. The lowest BCUT2D eigenvalue weighted by Gasteiger charge is -2.37. The van der Waals surface area contributed by atoms with Gasteiger partial charge in [0.05, 0.1) is 0 Å². The number of hydrogen-bond acceptors (Lipinski definition) is 4. The van der Waals surface area contributed by atoms with Gasteiger partial charge in [-0.3, -0.25) is 4.79 Å². The van der Waals surface area contributed by atoms with Crippen LogP contribution < -0.4 is 0 Å². The smallest absolute Gasteiger partial charge is 0.315 e. The van der Waals surface area contributed by atoms with Crippen LogP contribution in [0.5, 0.6) is 0 Å². The molecule has 2 fully saturated rings. The van der Waals surface area contributed by atoms with Crippen molar-refractivity contribution in [1.82, 2.24) is 15.0 Å². The molecule has 0 N–H and O–H groups in total. The molecular weight excluding hydrogens is 328 g/mol. The van der Waals surface area contributed by atoms with Gasteiger partial charge in [-0.25, -0.2) is 0 Å². The first-order valence-corrected chi connectivity index (χ1v) is 8.66. The van der Waals surface area contributed by atoms with Gasteiger partial charge in [-0.05, 0) is 43.7 Å². The Morgan fingerprint density at radius 2 is 1.92 bits per heavy atom. The van der Waals surface area contributed by atoms with Gasteiger partial charge in [-0.2, -0.15) is 13.8 Å². The highest BCUT2D eigenvalue weighted by Crippen LogP contribution is 2.37. The maximum absolute atomic E-state index is 12.8. The fourth-order valence-electron chi connectivity index (χ4n) is 3.73. The van der Waals surface area contributed by atoms with E-state index >= 15 is 0 Å².